The third-order valence-corrected chi connectivity index (χ3v) is 5.12. The topological polar surface area (TPSA) is 69.0 Å². The quantitative estimate of drug-likeness (QED) is 0.299. The van der Waals surface area contributed by atoms with Crippen LogP contribution in [0.2, 0.25) is 5.02 Å². The van der Waals surface area contributed by atoms with Gasteiger partial charge in [-0.25, -0.2) is 0 Å². The number of nitrogens with one attached hydrogen (secondary N) is 1. The highest BCUT2D eigenvalue weighted by molar-refractivity contribution is 7.99. The molecule has 1 heterocycles. The Hall–Kier alpha value is -2.77. The number of halogens is 1. The van der Waals surface area contributed by atoms with Gasteiger partial charge in [0.1, 0.15) is 12.4 Å². The van der Waals surface area contributed by atoms with E-state index in [1.807, 2.05) is 59.2 Å². The summed E-state index contributed by atoms with van der Waals surface area (Å²) in [6, 6.07) is 16.9. The molecule has 0 atom stereocenters. The van der Waals surface area contributed by atoms with Gasteiger partial charge in [0.15, 0.2) is 11.0 Å². The van der Waals surface area contributed by atoms with Crippen molar-refractivity contribution in [2.45, 2.75) is 11.7 Å². The number of nitrogens with zero attached hydrogens (tertiary/aromatic N) is 3. The molecule has 0 saturated heterocycles. The van der Waals surface area contributed by atoms with Crippen LogP contribution in [0.5, 0.6) is 5.75 Å². The first kappa shape index (κ1) is 21.0. The van der Waals surface area contributed by atoms with Crippen molar-refractivity contribution >= 4 is 29.3 Å². The zero-order valence-electron chi connectivity index (χ0n) is 15.8. The Labute approximate surface area is 178 Å². The van der Waals surface area contributed by atoms with E-state index in [4.69, 9.17) is 16.3 Å². The van der Waals surface area contributed by atoms with Crippen LogP contribution in [0.25, 0.3) is 11.4 Å². The van der Waals surface area contributed by atoms with Gasteiger partial charge < -0.3 is 10.1 Å². The Balaban J connectivity index is 1.52. The Kier molecular flexibility index (Phi) is 7.72. The van der Waals surface area contributed by atoms with E-state index in [-0.39, 0.29) is 11.7 Å². The Morgan fingerprint density at radius 3 is 2.66 bits per heavy atom. The molecule has 0 unspecified atom stereocenters. The molecule has 150 valence electrons. The minimum absolute atomic E-state index is 0.0899. The molecule has 29 heavy (non-hydrogen) atoms. The van der Waals surface area contributed by atoms with Gasteiger partial charge in [0.05, 0.1) is 12.3 Å². The van der Waals surface area contributed by atoms with Crippen molar-refractivity contribution in [2.24, 2.45) is 0 Å². The average Bonchev–Trinajstić information content (AvgIpc) is 3.14. The van der Waals surface area contributed by atoms with E-state index in [2.05, 4.69) is 22.1 Å². The molecule has 3 rings (SSSR count). The molecule has 0 spiro atoms. The maximum Gasteiger partial charge on any atom is 0.230 e. The van der Waals surface area contributed by atoms with Crippen molar-refractivity contribution in [3.05, 3.63) is 72.3 Å². The standard InChI is InChI=1S/C21H21ClN4O2S/c1-2-13-26-20(16-8-10-17(22)11-9-16)24-25-21(26)29-15-19(27)23-12-14-28-18-6-4-3-5-7-18/h2-11H,1,12-15H2,(H,23,27). The van der Waals surface area contributed by atoms with Gasteiger partial charge in [-0.05, 0) is 36.4 Å². The van der Waals surface area contributed by atoms with Crippen LogP contribution in [-0.2, 0) is 11.3 Å². The summed E-state index contributed by atoms with van der Waals surface area (Å²) in [7, 11) is 0. The maximum absolute atomic E-state index is 12.1. The number of para-hydroxylation sites is 1. The summed E-state index contributed by atoms with van der Waals surface area (Å²) in [6.07, 6.45) is 1.77. The first-order chi connectivity index (χ1) is 14.2. The molecule has 0 saturated carbocycles. The number of rotatable bonds is 10. The predicted molar refractivity (Wildman–Crippen MR) is 116 cm³/mol. The molecule has 0 radical (unpaired) electrons. The Morgan fingerprint density at radius 2 is 1.93 bits per heavy atom. The largest absolute Gasteiger partial charge is 0.492 e. The number of hydrogen-bond acceptors (Lipinski definition) is 5. The molecule has 1 aromatic heterocycles. The van der Waals surface area contributed by atoms with E-state index < -0.39 is 0 Å². The molecule has 0 aliphatic carbocycles. The van der Waals surface area contributed by atoms with E-state index >= 15 is 0 Å². The second-order valence-corrected chi connectivity index (χ2v) is 7.39. The second-order valence-electron chi connectivity index (χ2n) is 6.01. The van der Waals surface area contributed by atoms with Crippen molar-refractivity contribution < 1.29 is 9.53 Å². The van der Waals surface area contributed by atoms with E-state index in [0.717, 1.165) is 11.3 Å². The summed E-state index contributed by atoms with van der Waals surface area (Å²) in [6.45, 7) is 5.18. The van der Waals surface area contributed by atoms with Crippen LogP contribution in [-0.4, -0.2) is 39.6 Å². The molecular weight excluding hydrogens is 408 g/mol. The van der Waals surface area contributed by atoms with Gasteiger partial charge in [-0.1, -0.05) is 47.6 Å². The number of carbonyl (C=O) groups is 1. The highest BCUT2D eigenvalue weighted by Crippen LogP contribution is 2.25. The van der Waals surface area contributed by atoms with Crippen LogP contribution in [0, 0.1) is 0 Å². The summed E-state index contributed by atoms with van der Waals surface area (Å²) >= 11 is 7.29. The number of aromatic nitrogens is 3. The van der Waals surface area contributed by atoms with E-state index in [1.165, 1.54) is 11.8 Å². The van der Waals surface area contributed by atoms with Gasteiger partial charge in [-0.3, -0.25) is 9.36 Å². The third-order valence-electron chi connectivity index (χ3n) is 3.90. The Morgan fingerprint density at radius 1 is 1.17 bits per heavy atom. The lowest BCUT2D eigenvalue weighted by Gasteiger charge is -2.09. The van der Waals surface area contributed by atoms with Gasteiger partial charge >= 0.3 is 0 Å². The minimum Gasteiger partial charge on any atom is -0.492 e. The molecule has 6 nitrogen and oxygen atoms in total. The van der Waals surface area contributed by atoms with Crippen LogP contribution < -0.4 is 10.1 Å². The molecule has 0 aliphatic heterocycles. The van der Waals surface area contributed by atoms with Crippen LogP contribution >= 0.6 is 23.4 Å². The summed E-state index contributed by atoms with van der Waals surface area (Å²) in [5, 5.41) is 12.7. The average molecular weight is 429 g/mol. The molecule has 0 bridgehead atoms. The maximum atomic E-state index is 12.1. The fourth-order valence-electron chi connectivity index (χ4n) is 2.56. The first-order valence-corrected chi connectivity index (χ1v) is 10.4. The van der Waals surface area contributed by atoms with Crippen molar-refractivity contribution in [2.75, 3.05) is 18.9 Å². The highest BCUT2D eigenvalue weighted by Gasteiger charge is 2.15. The lowest BCUT2D eigenvalue weighted by Crippen LogP contribution is -2.29. The molecule has 8 heteroatoms. The number of hydrogen-bond donors (Lipinski definition) is 1. The summed E-state index contributed by atoms with van der Waals surface area (Å²) in [5.41, 5.74) is 0.901. The Bertz CT molecular complexity index is 945. The number of amides is 1. The van der Waals surface area contributed by atoms with Crippen LogP contribution in [0.1, 0.15) is 0 Å². The van der Waals surface area contributed by atoms with Gasteiger partial charge in [-0.15, -0.1) is 16.8 Å². The van der Waals surface area contributed by atoms with Crippen molar-refractivity contribution in [3.63, 3.8) is 0 Å². The first-order valence-electron chi connectivity index (χ1n) is 9.05. The van der Waals surface area contributed by atoms with Crippen LogP contribution in [0.4, 0.5) is 0 Å². The minimum atomic E-state index is -0.0899. The number of carbonyl (C=O) groups excluding carboxylic acids is 1. The number of benzene rings is 2. The van der Waals surface area contributed by atoms with Gasteiger partial charge in [0.2, 0.25) is 5.91 Å². The molecule has 1 N–H and O–H groups in total. The van der Waals surface area contributed by atoms with Crippen molar-refractivity contribution in [1.82, 2.24) is 20.1 Å². The summed E-state index contributed by atoms with van der Waals surface area (Å²) < 4.78 is 7.49. The normalized spacial score (nSPS) is 10.5. The molecule has 1 amide bonds. The molecule has 2 aromatic carbocycles. The lowest BCUT2D eigenvalue weighted by molar-refractivity contribution is -0.118. The second kappa shape index (κ2) is 10.7. The summed E-state index contributed by atoms with van der Waals surface area (Å²) in [5.74, 6) is 1.64. The monoisotopic (exact) mass is 428 g/mol. The number of thioether (sulfide) groups is 1. The van der Waals surface area contributed by atoms with Crippen molar-refractivity contribution in [3.8, 4) is 17.1 Å². The molecule has 3 aromatic rings. The number of ether oxygens (including phenoxy) is 1. The van der Waals surface area contributed by atoms with Gasteiger partial charge in [0, 0.05) is 17.1 Å². The van der Waals surface area contributed by atoms with Crippen molar-refractivity contribution in [1.29, 1.82) is 0 Å². The van der Waals surface area contributed by atoms with Gasteiger partial charge in [-0.2, -0.15) is 0 Å². The smallest absolute Gasteiger partial charge is 0.230 e. The number of allylic oxidation sites excluding steroid dienone is 1. The van der Waals surface area contributed by atoms with E-state index in [0.29, 0.717) is 35.7 Å². The summed E-state index contributed by atoms with van der Waals surface area (Å²) in [4.78, 5) is 12.1. The fraction of sp³-hybridized carbons (Fsp3) is 0.190. The zero-order valence-corrected chi connectivity index (χ0v) is 17.3. The van der Waals surface area contributed by atoms with Crippen LogP contribution in [0.3, 0.4) is 0 Å². The zero-order chi connectivity index (χ0) is 20.5. The lowest BCUT2D eigenvalue weighted by atomic mass is 10.2. The SMILES string of the molecule is C=CCn1c(SCC(=O)NCCOc2ccccc2)nnc1-c1ccc(Cl)cc1. The highest BCUT2D eigenvalue weighted by atomic mass is 35.5. The third kappa shape index (κ3) is 6.10. The molecule has 0 aliphatic rings. The van der Waals surface area contributed by atoms with Crippen LogP contribution in [0.15, 0.2) is 72.4 Å². The van der Waals surface area contributed by atoms with E-state index in [9.17, 15) is 4.79 Å². The van der Waals surface area contributed by atoms with E-state index in [1.54, 1.807) is 6.08 Å². The molecular formula is C21H21ClN4O2S. The fourth-order valence-corrected chi connectivity index (χ4v) is 3.46. The molecule has 0 fully saturated rings. The predicted octanol–water partition coefficient (Wildman–Crippen LogP) is 4.07. The van der Waals surface area contributed by atoms with Gasteiger partial charge in [0.25, 0.3) is 0 Å².